The van der Waals surface area contributed by atoms with E-state index in [1.807, 2.05) is 16.7 Å². The first-order valence-corrected chi connectivity index (χ1v) is 13.4. The maximum Gasteiger partial charge on any atom is 0.252 e. The molecule has 2 aliphatic rings. The average Bonchev–Trinajstić information content (AvgIpc) is 3.46. The molecular weight excluding hydrogens is 490 g/mol. The van der Waals surface area contributed by atoms with E-state index in [4.69, 9.17) is 14.2 Å². The minimum atomic E-state index is -3.73. The van der Waals surface area contributed by atoms with Gasteiger partial charge in [-0.05, 0) is 37.1 Å². The fraction of sp³-hybridized carbons (Fsp3) is 0.333. The van der Waals surface area contributed by atoms with Gasteiger partial charge in [0.2, 0.25) is 16.8 Å². The van der Waals surface area contributed by atoms with E-state index in [0.29, 0.717) is 48.0 Å². The van der Waals surface area contributed by atoms with Crippen LogP contribution in [-0.2, 0) is 21.4 Å². The highest BCUT2D eigenvalue weighted by Gasteiger charge is 2.33. The van der Waals surface area contributed by atoms with Crippen molar-refractivity contribution >= 4 is 37.5 Å². The first-order valence-electron chi connectivity index (χ1n) is 11.2. The lowest BCUT2D eigenvalue weighted by Gasteiger charge is -2.30. The maximum atomic E-state index is 13.2. The highest BCUT2D eigenvalue weighted by Crippen LogP contribution is 2.37. The van der Waals surface area contributed by atoms with Crippen LogP contribution in [0.1, 0.15) is 12.8 Å². The molecule has 9 nitrogen and oxygen atoms in total. The quantitative estimate of drug-likeness (QED) is 0.468. The molecule has 3 heterocycles. The number of hydrogen-bond donors (Lipinski definition) is 0. The SMILES string of the molecule is C=CCn1c(=NC(=O)C2CCCN(S(=O)(=O)c3ccc(OC)cc3)C2)sc2cc3c(cc21)OCO3. The largest absolute Gasteiger partial charge is 0.497 e. The highest BCUT2D eigenvalue weighted by molar-refractivity contribution is 7.89. The van der Waals surface area contributed by atoms with Gasteiger partial charge in [0.25, 0.3) is 5.91 Å². The molecule has 3 aromatic rings. The molecule has 2 aliphatic heterocycles. The molecule has 0 radical (unpaired) electrons. The van der Waals surface area contributed by atoms with E-state index >= 15 is 0 Å². The Bertz CT molecular complexity index is 1460. The normalized spacial score (nSPS) is 18.7. The molecule has 11 heteroatoms. The topological polar surface area (TPSA) is 99.4 Å². The van der Waals surface area contributed by atoms with Gasteiger partial charge < -0.3 is 18.8 Å². The first kappa shape index (κ1) is 23.6. The van der Waals surface area contributed by atoms with Crippen LogP contribution in [-0.4, -0.2) is 50.2 Å². The summed E-state index contributed by atoms with van der Waals surface area (Å²) < 4.78 is 46.6. The lowest BCUT2D eigenvalue weighted by molar-refractivity contribution is -0.122. The number of carbonyl (C=O) groups excluding carboxylic acids is 1. The molecular formula is C24H25N3O6S2. The molecule has 0 spiro atoms. The number of hydrogen-bond acceptors (Lipinski definition) is 7. The highest BCUT2D eigenvalue weighted by atomic mass is 32.2. The number of carbonyl (C=O) groups is 1. The van der Waals surface area contributed by atoms with Crippen LogP contribution in [0.3, 0.4) is 0 Å². The Morgan fingerprint density at radius 2 is 2.00 bits per heavy atom. The van der Waals surface area contributed by atoms with Crippen molar-refractivity contribution in [2.75, 3.05) is 27.0 Å². The smallest absolute Gasteiger partial charge is 0.252 e. The number of rotatable bonds is 6. The van der Waals surface area contributed by atoms with E-state index in [2.05, 4.69) is 11.6 Å². The van der Waals surface area contributed by atoms with Crippen molar-refractivity contribution in [2.24, 2.45) is 10.9 Å². The Kier molecular flexibility index (Phi) is 6.39. The number of aromatic nitrogens is 1. The molecule has 35 heavy (non-hydrogen) atoms. The van der Waals surface area contributed by atoms with Gasteiger partial charge in [-0.1, -0.05) is 17.4 Å². The Morgan fingerprint density at radius 3 is 2.71 bits per heavy atom. The molecule has 1 amide bonds. The number of thiazole rings is 1. The van der Waals surface area contributed by atoms with Gasteiger partial charge in [0.1, 0.15) is 5.75 Å². The summed E-state index contributed by atoms with van der Waals surface area (Å²) in [5, 5.41) is 0. The molecule has 184 valence electrons. The molecule has 0 saturated carbocycles. The molecule has 1 fully saturated rings. The molecule has 5 rings (SSSR count). The monoisotopic (exact) mass is 515 g/mol. The molecule has 0 N–H and O–H groups in total. The van der Waals surface area contributed by atoms with Crippen molar-refractivity contribution in [1.29, 1.82) is 0 Å². The molecule has 1 saturated heterocycles. The number of nitrogens with zero attached hydrogens (tertiary/aromatic N) is 3. The number of ether oxygens (including phenoxy) is 3. The molecule has 1 unspecified atom stereocenters. The summed E-state index contributed by atoms with van der Waals surface area (Å²) in [5.74, 6) is 1.04. The van der Waals surface area contributed by atoms with Gasteiger partial charge >= 0.3 is 0 Å². The minimum Gasteiger partial charge on any atom is -0.497 e. The fourth-order valence-corrected chi connectivity index (χ4v) is 6.87. The number of benzene rings is 2. The predicted molar refractivity (Wildman–Crippen MR) is 131 cm³/mol. The standard InChI is InChI=1S/C24H25N3O6S2/c1-3-10-27-19-12-20-21(33-15-32-20)13-22(19)34-24(27)25-23(28)16-5-4-11-26(14-16)35(29,30)18-8-6-17(31-2)7-9-18/h3,6-9,12-13,16H,1,4-5,10-11,14-15H2,2H3. The van der Waals surface area contributed by atoms with Gasteiger partial charge in [-0.2, -0.15) is 9.30 Å². The second-order valence-corrected chi connectivity index (χ2v) is 11.2. The summed E-state index contributed by atoms with van der Waals surface area (Å²) >= 11 is 1.38. The Hall–Kier alpha value is -3.15. The zero-order valence-corrected chi connectivity index (χ0v) is 20.8. The number of fused-ring (bicyclic) bond motifs is 2. The van der Waals surface area contributed by atoms with Crippen molar-refractivity contribution in [3.63, 3.8) is 0 Å². The Morgan fingerprint density at radius 1 is 1.26 bits per heavy atom. The molecule has 1 atom stereocenters. The molecule has 0 bridgehead atoms. The van der Waals surface area contributed by atoms with E-state index in [1.54, 1.807) is 18.2 Å². The summed E-state index contributed by atoms with van der Waals surface area (Å²) in [5.41, 5.74) is 0.873. The zero-order valence-electron chi connectivity index (χ0n) is 19.2. The third kappa shape index (κ3) is 4.46. The van der Waals surface area contributed by atoms with Gasteiger partial charge in [0.05, 0.1) is 28.1 Å². The third-order valence-electron chi connectivity index (χ3n) is 6.13. The summed E-state index contributed by atoms with van der Waals surface area (Å²) in [6.45, 7) is 4.93. The van der Waals surface area contributed by atoms with E-state index in [0.717, 1.165) is 10.2 Å². The average molecular weight is 516 g/mol. The van der Waals surface area contributed by atoms with E-state index < -0.39 is 15.9 Å². The number of sulfonamides is 1. The third-order valence-corrected chi connectivity index (χ3v) is 9.05. The van der Waals surface area contributed by atoms with E-state index in [1.165, 1.54) is 34.9 Å². The summed E-state index contributed by atoms with van der Waals surface area (Å²) in [6, 6.07) is 10.0. The van der Waals surface area contributed by atoms with Crippen LogP contribution in [0, 0.1) is 5.92 Å². The number of amides is 1. The second-order valence-electron chi connectivity index (χ2n) is 8.28. The maximum absolute atomic E-state index is 13.2. The van der Waals surface area contributed by atoms with Gasteiger partial charge in [0, 0.05) is 31.8 Å². The van der Waals surface area contributed by atoms with Crippen molar-refractivity contribution in [2.45, 2.75) is 24.3 Å². The van der Waals surface area contributed by atoms with Crippen molar-refractivity contribution in [3.05, 3.63) is 53.9 Å². The fourth-order valence-electron chi connectivity index (χ4n) is 4.30. The van der Waals surface area contributed by atoms with Crippen molar-refractivity contribution < 1.29 is 27.4 Å². The Balaban J connectivity index is 1.42. The van der Waals surface area contributed by atoms with Crippen LogP contribution >= 0.6 is 11.3 Å². The summed E-state index contributed by atoms with van der Waals surface area (Å²) in [7, 11) is -2.20. The van der Waals surface area contributed by atoms with Crippen LogP contribution in [0.2, 0.25) is 0 Å². The molecule has 2 aromatic carbocycles. The van der Waals surface area contributed by atoms with Crippen molar-refractivity contribution in [1.82, 2.24) is 8.87 Å². The predicted octanol–water partition coefficient (Wildman–Crippen LogP) is 3.15. The van der Waals surface area contributed by atoms with E-state index in [-0.39, 0.29) is 24.1 Å². The van der Waals surface area contributed by atoms with Crippen LogP contribution in [0.15, 0.2) is 58.9 Å². The van der Waals surface area contributed by atoms with Crippen LogP contribution in [0.5, 0.6) is 17.2 Å². The lowest BCUT2D eigenvalue weighted by Crippen LogP contribution is -2.42. The first-order chi connectivity index (χ1) is 16.9. The second kappa shape index (κ2) is 9.48. The summed E-state index contributed by atoms with van der Waals surface area (Å²) in [6.07, 6.45) is 2.91. The zero-order chi connectivity index (χ0) is 24.6. The molecule has 0 aliphatic carbocycles. The van der Waals surface area contributed by atoms with Crippen LogP contribution in [0.25, 0.3) is 10.2 Å². The number of piperidine rings is 1. The van der Waals surface area contributed by atoms with E-state index in [9.17, 15) is 13.2 Å². The lowest BCUT2D eigenvalue weighted by atomic mass is 9.99. The van der Waals surface area contributed by atoms with Gasteiger partial charge in [-0.3, -0.25) is 4.79 Å². The number of allylic oxidation sites excluding steroid dienone is 1. The number of methoxy groups -OCH3 is 1. The van der Waals surface area contributed by atoms with Crippen LogP contribution < -0.4 is 19.0 Å². The van der Waals surface area contributed by atoms with Crippen LogP contribution in [0.4, 0.5) is 0 Å². The summed E-state index contributed by atoms with van der Waals surface area (Å²) in [4.78, 5) is 18.3. The Labute approximate surface area is 206 Å². The van der Waals surface area contributed by atoms with Crippen molar-refractivity contribution in [3.8, 4) is 17.2 Å². The molecule has 1 aromatic heterocycles. The van der Waals surface area contributed by atoms with Gasteiger partial charge in [-0.25, -0.2) is 8.42 Å². The van der Waals surface area contributed by atoms with Gasteiger partial charge in [-0.15, -0.1) is 6.58 Å². The minimum absolute atomic E-state index is 0.0963. The van der Waals surface area contributed by atoms with Gasteiger partial charge in [0.15, 0.2) is 16.3 Å².